The van der Waals surface area contributed by atoms with E-state index in [1.807, 2.05) is 42.7 Å². The van der Waals surface area contributed by atoms with Crippen molar-refractivity contribution in [3.05, 3.63) is 67.0 Å². The molecule has 0 amide bonds. The number of aromatic nitrogens is 2. The largest absolute Gasteiger partial charge is 0.508 e. The summed E-state index contributed by atoms with van der Waals surface area (Å²) in [5.41, 5.74) is 6.26. The van der Waals surface area contributed by atoms with Gasteiger partial charge in [-0.1, -0.05) is 18.2 Å². The van der Waals surface area contributed by atoms with Crippen molar-refractivity contribution in [2.45, 2.75) is 0 Å². The predicted octanol–water partition coefficient (Wildman–Crippen LogP) is 4.56. The fourth-order valence-electron chi connectivity index (χ4n) is 3.79. The first kappa shape index (κ1) is 17.3. The molecule has 144 valence electrons. The lowest BCUT2D eigenvalue weighted by atomic mass is 10.0. The van der Waals surface area contributed by atoms with Crippen molar-refractivity contribution in [1.82, 2.24) is 9.97 Å². The van der Waals surface area contributed by atoms with Gasteiger partial charge in [-0.15, -0.1) is 0 Å². The normalized spacial score (nSPS) is 13.0. The van der Waals surface area contributed by atoms with Crippen LogP contribution in [0.5, 0.6) is 11.6 Å². The Balaban J connectivity index is 1.67. The van der Waals surface area contributed by atoms with Crippen LogP contribution in [0.1, 0.15) is 0 Å². The number of ether oxygens (including phenoxy) is 1. The maximum absolute atomic E-state index is 9.59. The molecule has 0 atom stereocenters. The van der Waals surface area contributed by atoms with E-state index in [-0.39, 0.29) is 5.75 Å². The van der Waals surface area contributed by atoms with Gasteiger partial charge >= 0.3 is 0 Å². The molecule has 1 aliphatic rings. The molecule has 29 heavy (non-hydrogen) atoms. The first-order valence-corrected chi connectivity index (χ1v) is 9.35. The van der Waals surface area contributed by atoms with Crippen LogP contribution in [-0.4, -0.2) is 35.9 Å². The zero-order chi connectivity index (χ0) is 20.0. The Kier molecular flexibility index (Phi) is 3.98. The van der Waals surface area contributed by atoms with Gasteiger partial charge in [0.05, 0.1) is 48.8 Å². The summed E-state index contributed by atoms with van der Waals surface area (Å²) in [6, 6.07) is 17.4. The first-order chi connectivity index (χ1) is 14.1. The van der Waals surface area contributed by atoms with Crippen LogP contribution < -0.4 is 14.5 Å². The van der Waals surface area contributed by atoms with Gasteiger partial charge in [-0.25, -0.2) is 4.98 Å². The minimum Gasteiger partial charge on any atom is -0.508 e. The quantitative estimate of drug-likeness (QED) is 0.559. The standard InChI is InChI=1S/C23H20N4O2/c1-26-14-27(17-6-10-22(29-2)25-12-17)23-19-11-16(15-3-7-18(28)8-4-15)5-9-20(19)24-13-21(23)26/h3-13,28H,14H2,1-2H3. The molecule has 0 bridgehead atoms. The molecule has 4 aromatic rings. The second-order valence-electron chi connectivity index (χ2n) is 7.10. The molecule has 0 radical (unpaired) electrons. The summed E-state index contributed by atoms with van der Waals surface area (Å²) in [5, 5.41) is 10.7. The van der Waals surface area contributed by atoms with Crippen LogP contribution >= 0.6 is 0 Å². The highest BCUT2D eigenvalue weighted by molar-refractivity contribution is 6.04. The van der Waals surface area contributed by atoms with Gasteiger partial charge in [0.25, 0.3) is 0 Å². The Morgan fingerprint density at radius 3 is 2.45 bits per heavy atom. The fourth-order valence-corrected chi connectivity index (χ4v) is 3.79. The number of phenolic OH excluding ortho intramolecular Hbond substituents is 1. The Morgan fingerprint density at radius 1 is 0.931 bits per heavy atom. The lowest BCUT2D eigenvalue weighted by Gasteiger charge is -2.20. The Hall–Kier alpha value is -3.80. The molecule has 2 aromatic carbocycles. The minimum absolute atomic E-state index is 0.261. The van der Waals surface area contributed by atoms with Crippen LogP contribution in [0.4, 0.5) is 17.1 Å². The number of rotatable bonds is 3. The smallest absolute Gasteiger partial charge is 0.213 e. The number of hydrogen-bond acceptors (Lipinski definition) is 6. The van der Waals surface area contributed by atoms with Crippen LogP contribution in [0.25, 0.3) is 22.0 Å². The maximum atomic E-state index is 9.59. The molecule has 3 heterocycles. The maximum Gasteiger partial charge on any atom is 0.213 e. The summed E-state index contributed by atoms with van der Waals surface area (Å²) in [4.78, 5) is 13.5. The molecule has 0 unspecified atom stereocenters. The summed E-state index contributed by atoms with van der Waals surface area (Å²) >= 11 is 0. The van der Waals surface area contributed by atoms with E-state index in [1.54, 1.807) is 19.2 Å². The number of benzene rings is 2. The van der Waals surface area contributed by atoms with Crippen molar-refractivity contribution in [2.24, 2.45) is 0 Å². The molecular formula is C23H20N4O2. The number of phenols is 1. The summed E-state index contributed by atoms with van der Waals surface area (Å²) in [6.45, 7) is 0.716. The SMILES string of the molecule is COc1ccc(N2CN(C)c3cnc4ccc(-c5ccc(O)cc5)cc4c32)cn1. The molecule has 5 rings (SSSR count). The molecule has 0 fully saturated rings. The number of nitrogens with zero attached hydrogens (tertiary/aromatic N) is 4. The van der Waals surface area contributed by atoms with Crippen LogP contribution in [0.2, 0.25) is 0 Å². The molecular weight excluding hydrogens is 364 g/mol. The van der Waals surface area contributed by atoms with Crippen molar-refractivity contribution in [3.8, 4) is 22.8 Å². The number of hydrogen-bond donors (Lipinski definition) is 1. The highest BCUT2D eigenvalue weighted by Crippen LogP contribution is 2.44. The van der Waals surface area contributed by atoms with E-state index in [4.69, 9.17) is 4.74 Å². The molecule has 1 N–H and O–H groups in total. The van der Waals surface area contributed by atoms with E-state index >= 15 is 0 Å². The van der Waals surface area contributed by atoms with Gasteiger partial charge in [0.2, 0.25) is 5.88 Å². The zero-order valence-electron chi connectivity index (χ0n) is 16.2. The molecule has 0 aliphatic carbocycles. The average Bonchev–Trinajstić information content (AvgIpc) is 3.11. The van der Waals surface area contributed by atoms with Crippen molar-refractivity contribution >= 4 is 28.0 Å². The van der Waals surface area contributed by atoms with Gasteiger partial charge in [0.15, 0.2) is 0 Å². The van der Waals surface area contributed by atoms with E-state index in [9.17, 15) is 5.11 Å². The predicted molar refractivity (Wildman–Crippen MR) is 115 cm³/mol. The summed E-state index contributed by atoms with van der Waals surface area (Å²) in [6.07, 6.45) is 3.76. The van der Waals surface area contributed by atoms with E-state index in [0.717, 1.165) is 39.1 Å². The Bertz CT molecular complexity index is 1190. The van der Waals surface area contributed by atoms with E-state index in [0.29, 0.717) is 12.5 Å². The van der Waals surface area contributed by atoms with Crippen LogP contribution in [0.15, 0.2) is 67.0 Å². The summed E-state index contributed by atoms with van der Waals surface area (Å²) in [7, 11) is 3.68. The number of methoxy groups -OCH3 is 1. The third-order valence-corrected chi connectivity index (χ3v) is 5.30. The van der Waals surface area contributed by atoms with Gasteiger partial charge < -0.3 is 19.6 Å². The van der Waals surface area contributed by atoms with Gasteiger partial charge in [-0.2, -0.15) is 0 Å². The third kappa shape index (κ3) is 2.89. The highest BCUT2D eigenvalue weighted by Gasteiger charge is 2.27. The van der Waals surface area contributed by atoms with Gasteiger partial charge in [-0.05, 0) is 41.5 Å². The number of aromatic hydroxyl groups is 1. The summed E-state index contributed by atoms with van der Waals surface area (Å²) in [5.74, 6) is 0.854. The molecule has 1 aliphatic heterocycles. The Labute approximate surface area is 168 Å². The Morgan fingerprint density at radius 2 is 1.72 bits per heavy atom. The van der Waals surface area contributed by atoms with Gasteiger partial charge in [0, 0.05) is 18.5 Å². The molecule has 0 spiro atoms. The minimum atomic E-state index is 0.261. The second-order valence-corrected chi connectivity index (χ2v) is 7.10. The monoisotopic (exact) mass is 384 g/mol. The zero-order valence-corrected chi connectivity index (χ0v) is 16.2. The molecule has 0 saturated carbocycles. The summed E-state index contributed by atoms with van der Waals surface area (Å²) < 4.78 is 5.20. The van der Waals surface area contributed by atoms with Crippen molar-refractivity contribution in [1.29, 1.82) is 0 Å². The molecule has 6 heteroatoms. The lowest BCUT2D eigenvalue weighted by molar-refractivity contribution is 0.398. The van der Waals surface area contributed by atoms with Crippen LogP contribution in [0.3, 0.4) is 0 Å². The average molecular weight is 384 g/mol. The fraction of sp³-hybridized carbons (Fsp3) is 0.130. The highest BCUT2D eigenvalue weighted by atomic mass is 16.5. The molecule has 2 aromatic heterocycles. The number of pyridine rings is 2. The molecule has 0 saturated heterocycles. The number of fused-ring (bicyclic) bond motifs is 3. The van der Waals surface area contributed by atoms with E-state index in [1.165, 1.54) is 0 Å². The topological polar surface area (TPSA) is 61.7 Å². The first-order valence-electron chi connectivity index (χ1n) is 9.35. The lowest BCUT2D eigenvalue weighted by Crippen LogP contribution is -2.24. The van der Waals surface area contributed by atoms with Crippen molar-refractivity contribution in [3.63, 3.8) is 0 Å². The van der Waals surface area contributed by atoms with E-state index in [2.05, 4.69) is 38.9 Å². The number of anilines is 3. The molecule has 6 nitrogen and oxygen atoms in total. The van der Waals surface area contributed by atoms with Gasteiger partial charge in [-0.3, -0.25) is 4.98 Å². The van der Waals surface area contributed by atoms with Crippen LogP contribution in [-0.2, 0) is 0 Å². The third-order valence-electron chi connectivity index (χ3n) is 5.30. The van der Waals surface area contributed by atoms with Crippen molar-refractivity contribution in [2.75, 3.05) is 30.6 Å². The van der Waals surface area contributed by atoms with Crippen LogP contribution in [0, 0.1) is 0 Å². The van der Waals surface area contributed by atoms with Crippen molar-refractivity contribution < 1.29 is 9.84 Å². The van der Waals surface area contributed by atoms with E-state index < -0.39 is 0 Å². The van der Waals surface area contributed by atoms with Gasteiger partial charge in [0.1, 0.15) is 5.75 Å². The second kappa shape index (κ2) is 6.67.